The minimum absolute atomic E-state index is 0.141. The van der Waals surface area contributed by atoms with E-state index in [1.807, 2.05) is 12.1 Å². The lowest BCUT2D eigenvalue weighted by atomic mass is 10.0. The summed E-state index contributed by atoms with van der Waals surface area (Å²) in [5.41, 5.74) is 1.54. The maximum Gasteiger partial charge on any atom is 0.328 e. The SMILES string of the molecule is COC(=O)[C@@H](NC(=O)[C@H](Cc1ccccc1)NC(=O)CNCC(=O)SCC(=O)NCCCN(CCCNC(=O)CSC(=O)CNCC(=O)N[C@@H](Cc1ccccc1)C(=O)N[C@H](C(=O)OC)C(C)C)C(=O)CCl)C(C)C. The number of hydrogen-bond donors (Lipinski definition) is 8. The largest absolute Gasteiger partial charge is 0.467 e. The number of ether oxygens (including phenoxy) is 2. The maximum atomic E-state index is 13.2. The molecule has 4 atom stereocenters. The molecule has 22 nitrogen and oxygen atoms in total. The maximum absolute atomic E-state index is 13.2. The Labute approximate surface area is 451 Å². The van der Waals surface area contributed by atoms with Gasteiger partial charge in [-0.05, 0) is 35.8 Å². The molecule has 0 aliphatic heterocycles. The van der Waals surface area contributed by atoms with Gasteiger partial charge < -0.3 is 56.9 Å². The predicted octanol–water partition coefficient (Wildman–Crippen LogP) is -0.152. The fourth-order valence-corrected chi connectivity index (χ4v) is 8.23. The van der Waals surface area contributed by atoms with E-state index in [4.69, 9.17) is 21.1 Å². The van der Waals surface area contributed by atoms with Crippen LogP contribution in [0.5, 0.6) is 0 Å². The number of hydrogen-bond acceptors (Lipinski definition) is 17. The van der Waals surface area contributed by atoms with Gasteiger partial charge >= 0.3 is 11.9 Å². The Bertz CT molecular complexity index is 2050. The molecular formula is C50H72ClN9O13S2. The molecule has 0 heterocycles. The van der Waals surface area contributed by atoms with Gasteiger partial charge in [-0.15, -0.1) is 11.6 Å². The summed E-state index contributed by atoms with van der Waals surface area (Å²) in [6, 6.07) is 14.1. The third-order valence-electron chi connectivity index (χ3n) is 10.9. The number of carbonyl (C=O) groups excluding carboxylic acids is 11. The summed E-state index contributed by atoms with van der Waals surface area (Å²) in [6.45, 7) is 6.78. The molecule has 75 heavy (non-hydrogen) atoms. The van der Waals surface area contributed by atoms with Gasteiger partial charge in [0.25, 0.3) is 0 Å². The van der Waals surface area contributed by atoms with Gasteiger partial charge in [0, 0.05) is 39.0 Å². The molecule has 0 bridgehead atoms. The van der Waals surface area contributed by atoms with Gasteiger partial charge in [-0.25, -0.2) is 9.59 Å². The lowest BCUT2D eigenvalue weighted by Crippen LogP contribution is -2.55. The van der Waals surface area contributed by atoms with Crippen LogP contribution in [0.3, 0.4) is 0 Å². The van der Waals surface area contributed by atoms with Crippen LogP contribution in [-0.2, 0) is 75.1 Å². The molecule has 2 aromatic rings. The van der Waals surface area contributed by atoms with Crippen molar-refractivity contribution in [3.8, 4) is 0 Å². The van der Waals surface area contributed by atoms with Crippen molar-refractivity contribution in [1.29, 1.82) is 0 Å². The van der Waals surface area contributed by atoms with E-state index in [1.54, 1.807) is 76.2 Å². The van der Waals surface area contributed by atoms with Gasteiger partial charge in [-0.1, -0.05) is 112 Å². The number of esters is 2. The summed E-state index contributed by atoms with van der Waals surface area (Å²) >= 11 is 7.31. The molecule has 0 aliphatic rings. The molecule has 0 fully saturated rings. The highest BCUT2D eigenvalue weighted by atomic mass is 35.5. The van der Waals surface area contributed by atoms with Crippen LogP contribution >= 0.6 is 35.1 Å². The van der Waals surface area contributed by atoms with Crippen molar-refractivity contribution in [1.82, 2.24) is 47.4 Å². The second-order valence-corrected chi connectivity index (χ2v) is 19.9. The molecular weight excluding hydrogens is 1030 g/mol. The summed E-state index contributed by atoms with van der Waals surface area (Å²) < 4.78 is 9.63. The third kappa shape index (κ3) is 27.3. The molecule has 0 radical (unpaired) electrons. The van der Waals surface area contributed by atoms with E-state index in [0.29, 0.717) is 12.8 Å². The zero-order valence-electron chi connectivity index (χ0n) is 43.3. The van der Waals surface area contributed by atoms with Crippen molar-refractivity contribution in [2.24, 2.45) is 11.8 Å². The number of alkyl halides is 1. The van der Waals surface area contributed by atoms with E-state index in [-0.39, 0.29) is 100 Å². The van der Waals surface area contributed by atoms with E-state index in [2.05, 4.69) is 42.5 Å². The standard InChI is InChI=1S/C50H72ClN9O13S2/c1-32(2)45(49(70)72-5)58-47(68)36(23-34-15-9-7-10-16-34)56-38(61)26-52-28-43(66)74-30-40(63)54-19-13-21-60(42(65)25-51)22-14-20-55-41(64)31-75-44(67)29-53-27-39(62)57-37(24-35-17-11-8-12-18-35)48(69)59-46(33(3)4)50(71)73-6/h7-12,15-18,32-33,36-37,45-46,52-53H,13-14,19-31H2,1-6H3,(H,54,63)(H,55,64)(H,56,61)(H,57,62)(H,58,68)(H,59,69)/t36-,37-,45-,46-/m0/s1. The normalized spacial score (nSPS) is 12.5. The fourth-order valence-electron chi connectivity index (χ4n) is 6.86. The number of thioether (sulfide) groups is 2. The number of halogens is 1. The average Bonchev–Trinajstić information content (AvgIpc) is 3.39. The second kappa shape index (κ2) is 36.8. The van der Waals surface area contributed by atoms with Crippen molar-refractivity contribution < 1.29 is 62.2 Å². The number of amides is 7. The predicted molar refractivity (Wildman–Crippen MR) is 285 cm³/mol. The minimum atomic E-state index is -1.03. The zero-order chi connectivity index (χ0) is 55.7. The van der Waals surface area contributed by atoms with E-state index < -0.39 is 81.8 Å². The number of benzene rings is 2. The van der Waals surface area contributed by atoms with Crippen LogP contribution in [0.2, 0.25) is 0 Å². The molecule has 0 aliphatic carbocycles. The summed E-state index contributed by atoms with van der Waals surface area (Å²) in [6.07, 6.45) is 1.02. The molecule has 0 aromatic heterocycles. The van der Waals surface area contributed by atoms with E-state index in [0.717, 1.165) is 34.7 Å². The highest BCUT2D eigenvalue weighted by molar-refractivity contribution is 8.14. The quantitative estimate of drug-likeness (QED) is 0.0253. The Kier molecular flexibility index (Phi) is 31.9. The first-order valence-corrected chi connectivity index (χ1v) is 26.8. The van der Waals surface area contributed by atoms with Crippen LogP contribution in [-0.4, -0.2) is 177 Å². The zero-order valence-corrected chi connectivity index (χ0v) is 45.7. The molecule has 2 rings (SSSR count). The Hall–Kier alpha value is -6.08. The van der Waals surface area contributed by atoms with Gasteiger partial charge in [0.05, 0.1) is 51.9 Å². The molecule has 25 heteroatoms. The number of rotatable bonds is 35. The van der Waals surface area contributed by atoms with Crippen LogP contribution in [0.15, 0.2) is 60.7 Å². The summed E-state index contributed by atoms with van der Waals surface area (Å²) in [5, 5.41) is 20.6. The Morgan fingerprint density at radius 2 is 0.907 bits per heavy atom. The first-order valence-electron chi connectivity index (χ1n) is 24.3. The molecule has 0 saturated carbocycles. The van der Waals surface area contributed by atoms with Gasteiger partial charge in [-0.2, -0.15) is 0 Å². The van der Waals surface area contributed by atoms with Gasteiger partial charge in [0.2, 0.25) is 51.6 Å². The monoisotopic (exact) mass is 1110 g/mol. The topological polar surface area (TPSA) is 306 Å². The van der Waals surface area contributed by atoms with Crippen molar-refractivity contribution in [3.63, 3.8) is 0 Å². The fraction of sp³-hybridized carbons (Fsp3) is 0.540. The van der Waals surface area contributed by atoms with Crippen LogP contribution in [0.4, 0.5) is 0 Å². The van der Waals surface area contributed by atoms with Crippen LogP contribution in [0.1, 0.15) is 51.7 Å². The summed E-state index contributed by atoms with van der Waals surface area (Å²) in [7, 11) is 2.44. The van der Waals surface area contributed by atoms with E-state index in [9.17, 15) is 52.7 Å². The molecule has 7 amide bonds. The lowest BCUT2D eigenvalue weighted by Gasteiger charge is -2.24. The Morgan fingerprint density at radius 3 is 1.24 bits per heavy atom. The average molecular weight is 1110 g/mol. The van der Waals surface area contributed by atoms with Crippen LogP contribution in [0, 0.1) is 11.8 Å². The van der Waals surface area contributed by atoms with Crippen molar-refractivity contribution in [2.45, 2.75) is 77.5 Å². The smallest absolute Gasteiger partial charge is 0.328 e. The Morgan fingerprint density at radius 1 is 0.533 bits per heavy atom. The molecule has 2 aromatic carbocycles. The van der Waals surface area contributed by atoms with E-state index >= 15 is 0 Å². The van der Waals surface area contributed by atoms with Gasteiger partial charge in [0.15, 0.2) is 0 Å². The molecule has 0 unspecified atom stereocenters. The highest BCUT2D eigenvalue weighted by Crippen LogP contribution is 2.10. The van der Waals surface area contributed by atoms with Gasteiger partial charge in [-0.3, -0.25) is 43.2 Å². The number of carbonyl (C=O) groups is 11. The minimum Gasteiger partial charge on any atom is -0.467 e. The second-order valence-electron chi connectivity index (χ2n) is 17.6. The highest BCUT2D eigenvalue weighted by Gasteiger charge is 2.31. The summed E-state index contributed by atoms with van der Waals surface area (Å²) in [4.78, 5) is 141. The van der Waals surface area contributed by atoms with Crippen LogP contribution < -0.4 is 42.5 Å². The van der Waals surface area contributed by atoms with Crippen molar-refractivity contribution >= 4 is 98.6 Å². The molecule has 0 saturated heterocycles. The van der Waals surface area contributed by atoms with E-state index in [1.165, 1.54) is 19.1 Å². The Balaban J connectivity index is 1.68. The third-order valence-corrected chi connectivity index (χ3v) is 12.8. The molecule has 0 spiro atoms. The van der Waals surface area contributed by atoms with Gasteiger partial charge in [0.1, 0.15) is 30.0 Å². The number of nitrogens with one attached hydrogen (secondary N) is 8. The molecule has 414 valence electrons. The van der Waals surface area contributed by atoms with Crippen molar-refractivity contribution in [2.75, 3.05) is 84.0 Å². The van der Waals surface area contributed by atoms with Crippen LogP contribution in [0.25, 0.3) is 0 Å². The lowest BCUT2D eigenvalue weighted by molar-refractivity contribution is -0.147. The number of methoxy groups -OCH3 is 2. The molecule has 8 N–H and O–H groups in total. The number of nitrogens with zero attached hydrogens (tertiary/aromatic N) is 1. The first kappa shape index (κ1) is 65.0. The summed E-state index contributed by atoms with van der Waals surface area (Å²) in [5.74, 6) is -5.96. The van der Waals surface area contributed by atoms with Crippen molar-refractivity contribution in [3.05, 3.63) is 71.8 Å². The first-order chi connectivity index (χ1) is 35.8.